The number of rotatable bonds is 5. The fourth-order valence-corrected chi connectivity index (χ4v) is 1.35. The number of methoxy groups -OCH3 is 1. The largest absolute Gasteiger partial charge is 0.494 e. The topological polar surface area (TPSA) is 96.9 Å². The maximum Gasteiger partial charge on any atom is 0.411 e. The number of carbonyl (C=O) groups is 2. The first-order valence-corrected chi connectivity index (χ1v) is 5.57. The molecule has 0 aliphatic carbocycles. The van der Waals surface area contributed by atoms with Gasteiger partial charge in [0.2, 0.25) is 5.91 Å². The van der Waals surface area contributed by atoms with Gasteiger partial charge in [-0.05, 0) is 12.1 Å². The van der Waals surface area contributed by atoms with E-state index in [2.05, 4.69) is 15.4 Å². The van der Waals surface area contributed by atoms with Crippen LogP contribution in [0.3, 0.4) is 0 Å². The summed E-state index contributed by atoms with van der Waals surface area (Å²) >= 11 is 0. The quantitative estimate of drug-likeness (QED) is 0.745. The predicted octanol–water partition coefficient (Wildman–Crippen LogP) is 1.19. The van der Waals surface area contributed by atoms with Crippen molar-refractivity contribution >= 4 is 23.4 Å². The molecule has 0 radical (unpaired) electrons. The lowest BCUT2D eigenvalue weighted by Gasteiger charge is -2.11. The van der Waals surface area contributed by atoms with Gasteiger partial charge in [0.15, 0.2) is 0 Å². The molecule has 0 spiro atoms. The zero-order valence-corrected chi connectivity index (χ0v) is 10.7. The Balaban J connectivity index is 2.76. The molecule has 0 aromatic heterocycles. The third-order valence-corrected chi connectivity index (χ3v) is 2.08. The molecule has 3 N–H and O–H groups in total. The van der Waals surface area contributed by atoms with Crippen LogP contribution in [-0.2, 0) is 9.53 Å². The third-order valence-electron chi connectivity index (χ3n) is 2.08. The highest BCUT2D eigenvalue weighted by Gasteiger charge is 2.08. The molecular formula is C12H16N2O5. The van der Waals surface area contributed by atoms with Gasteiger partial charge >= 0.3 is 6.09 Å². The minimum atomic E-state index is -0.677. The molecule has 1 aromatic carbocycles. The number of amides is 2. The summed E-state index contributed by atoms with van der Waals surface area (Å²) < 4.78 is 9.76. The molecule has 0 saturated heterocycles. The van der Waals surface area contributed by atoms with Crippen LogP contribution in [-0.4, -0.2) is 37.4 Å². The second kappa shape index (κ2) is 7.22. The predicted molar refractivity (Wildman–Crippen MR) is 69.4 cm³/mol. The van der Waals surface area contributed by atoms with Gasteiger partial charge in [-0.25, -0.2) is 4.79 Å². The molecule has 104 valence electrons. The minimum absolute atomic E-state index is 0.0764. The molecule has 0 fully saturated rings. The van der Waals surface area contributed by atoms with E-state index in [9.17, 15) is 9.59 Å². The third kappa shape index (κ3) is 4.84. The number of aliphatic hydroxyl groups is 1. The highest BCUT2D eigenvalue weighted by molar-refractivity contribution is 5.92. The first kappa shape index (κ1) is 14.8. The SMILES string of the molecule is COc1cc(NC(=O)OCCO)ccc1NC(C)=O. The van der Waals surface area contributed by atoms with Crippen molar-refractivity contribution in [1.29, 1.82) is 0 Å². The number of hydrogen-bond donors (Lipinski definition) is 3. The number of carbonyl (C=O) groups excluding carboxylic acids is 2. The normalized spacial score (nSPS) is 9.63. The summed E-state index contributed by atoms with van der Waals surface area (Å²) in [6.45, 7) is 1.07. The van der Waals surface area contributed by atoms with Crippen molar-refractivity contribution in [3.63, 3.8) is 0 Å². The number of benzene rings is 1. The monoisotopic (exact) mass is 268 g/mol. The Morgan fingerprint density at radius 2 is 2.05 bits per heavy atom. The molecule has 0 heterocycles. The van der Waals surface area contributed by atoms with Gasteiger partial charge in [-0.2, -0.15) is 0 Å². The lowest BCUT2D eigenvalue weighted by Crippen LogP contribution is -2.16. The fourth-order valence-electron chi connectivity index (χ4n) is 1.35. The van der Waals surface area contributed by atoms with Crippen LogP contribution in [0.1, 0.15) is 6.92 Å². The molecule has 0 atom stereocenters. The molecular weight excluding hydrogens is 252 g/mol. The van der Waals surface area contributed by atoms with E-state index in [1.807, 2.05) is 0 Å². The smallest absolute Gasteiger partial charge is 0.411 e. The molecule has 7 nitrogen and oxygen atoms in total. The lowest BCUT2D eigenvalue weighted by atomic mass is 10.2. The Kier molecular flexibility index (Phi) is 5.62. The molecule has 0 aliphatic rings. The average Bonchev–Trinajstić information content (AvgIpc) is 2.37. The Labute approximate surface area is 110 Å². The maximum atomic E-state index is 11.3. The van der Waals surface area contributed by atoms with Gasteiger partial charge in [0.05, 0.1) is 19.4 Å². The van der Waals surface area contributed by atoms with Crippen LogP contribution < -0.4 is 15.4 Å². The number of hydrogen-bond acceptors (Lipinski definition) is 5. The highest BCUT2D eigenvalue weighted by atomic mass is 16.6. The molecule has 0 aliphatic heterocycles. The van der Waals surface area contributed by atoms with Gasteiger partial charge in [0, 0.05) is 18.7 Å². The summed E-state index contributed by atoms with van der Waals surface area (Å²) in [6, 6.07) is 4.74. The van der Waals surface area contributed by atoms with E-state index in [1.165, 1.54) is 14.0 Å². The van der Waals surface area contributed by atoms with E-state index in [0.717, 1.165) is 0 Å². The molecule has 0 unspecified atom stereocenters. The summed E-state index contributed by atoms with van der Waals surface area (Å²) in [5.74, 6) is 0.191. The van der Waals surface area contributed by atoms with Crippen LogP contribution in [0.4, 0.5) is 16.2 Å². The van der Waals surface area contributed by atoms with E-state index in [-0.39, 0.29) is 19.1 Å². The number of nitrogens with one attached hydrogen (secondary N) is 2. The van der Waals surface area contributed by atoms with Gasteiger partial charge in [0.1, 0.15) is 12.4 Å². The molecule has 1 rings (SSSR count). The van der Waals surface area contributed by atoms with E-state index in [0.29, 0.717) is 17.1 Å². The first-order valence-electron chi connectivity index (χ1n) is 5.57. The van der Waals surface area contributed by atoms with Crippen molar-refractivity contribution in [2.45, 2.75) is 6.92 Å². The Morgan fingerprint density at radius 3 is 2.63 bits per heavy atom. The van der Waals surface area contributed by atoms with E-state index in [4.69, 9.17) is 9.84 Å². The van der Waals surface area contributed by atoms with Gasteiger partial charge in [0.25, 0.3) is 0 Å². The molecule has 0 saturated carbocycles. The zero-order chi connectivity index (χ0) is 14.3. The van der Waals surface area contributed by atoms with Crippen LogP contribution in [0.2, 0.25) is 0 Å². The Bertz CT molecular complexity index is 461. The van der Waals surface area contributed by atoms with Crippen molar-refractivity contribution < 1.29 is 24.2 Å². The van der Waals surface area contributed by atoms with E-state index < -0.39 is 6.09 Å². The van der Waals surface area contributed by atoms with Crippen LogP contribution in [0.5, 0.6) is 5.75 Å². The first-order chi connectivity index (χ1) is 9.06. The molecule has 0 bridgehead atoms. The average molecular weight is 268 g/mol. The second-order valence-corrected chi connectivity index (χ2v) is 3.58. The van der Waals surface area contributed by atoms with Crippen LogP contribution in [0, 0.1) is 0 Å². The summed E-state index contributed by atoms with van der Waals surface area (Å²) in [4.78, 5) is 22.3. The van der Waals surface area contributed by atoms with Crippen molar-refractivity contribution in [2.75, 3.05) is 31.0 Å². The molecule has 1 aromatic rings. The maximum absolute atomic E-state index is 11.3. The molecule has 19 heavy (non-hydrogen) atoms. The fraction of sp³-hybridized carbons (Fsp3) is 0.333. The standard InChI is InChI=1S/C12H16N2O5/c1-8(16)13-10-4-3-9(7-11(10)18-2)14-12(17)19-6-5-15/h3-4,7,15H,5-6H2,1-2H3,(H,13,16)(H,14,17). The molecule has 2 amide bonds. The summed E-state index contributed by atoms with van der Waals surface area (Å²) in [7, 11) is 1.45. The number of ether oxygens (including phenoxy) is 2. The van der Waals surface area contributed by atoms with Gasteiger partial charge in [-0.1, -0.05) is 0 Å². The van der Waals surface area contributed by atoms with Crippen molar-refractivity contribution in [3.05, 3.63) is 18.2 Å². The molecule has 7 heteroatoms. The van der Waals surface area contributed by atoms with Crippen molar-refractivity contribution in [1.82, 2.24) is 0 Å². The number of aliphatic hydroxyl groups excluding tert-OH is 1. The van der Waals surface area contributed by atoms with Gasteiger partial charge < -0.3 is 19.9 Å². The van der Waals surface area contributed by atoms with Crippen molar-refractivity contribution in [3.8, 4) is 5.75 Å². The Morgan fingerprint density at radius 1 is 1.32 bits per heavy atom. The van der Waals surface area contributed by atoms with Crippen LogP contribution >= 0.6 is 0 Å². The van der Waals surface area contributed by atoms with E-state index in [1.54, 1.807) is 18.2 Å². The van der Waals surface area contributed by atoms with E-state index >= 15 is 0 Å². The minimum Gasteiger partial charge on any atom is -0.494 e. The summed E-state index contributed by atoms with van der Waals surface area (Å²) in [5, 5.41) is 13.6. The van der Waals surface area contributed by atoms with Crippen molar-refractivity contribution in [2.24, 2.45) is 0 Å². The van der Waals surface area contributed by atoms with Gasteiger partial charge in [-0.15, -0.1) is 0 Å². The Hall–Kier alpha value is -2.28. The van der Waals surface area contributed by atoms with Gasteiger partial charge in [-0.3, -0.25) is 10.1 Å². The number of anilines is 2. The lowest BCUT2D eigenvalue weighted by molar-refractivity contribution is -0.114. The second-order valence-electron chi connectivity index (χ2n) is 3.58. The summed E-state index contributed by atoms with van der Waals surface area (Å²) in [5.41, 5.74) is 0.957. The highest BCUT2D eigenvalue weighted by Crippen LogP contribution is 2.27. The van der Waals surface area contributed by atoms with Crippen LogP contribution in [0.25, 0.3) is 0 Å². The zero-order valence-electron chi connectivity index (χ0n) is 10.7. The summed E-state index contributed by atoms with van der Waals surface area (Å²) in [6.07, 6.45) is -0.677. The van der Waals surface area contributed by atoms with Crippen LogP contribution in [0.15, 0.2) is 18.2 Å².